The van der Waals surface area contributed by atoms with Crippen LogP contribution in [0.25, 0.3) is 0 Å². The second-order valence-electron chi connectivity index (χ2n) is 3.89. The molecule has 1 aliphatic heterocycles. The summed E-state index contributed by atoms with van der Waals surface area (Å²) in [6, 6.07) is 8.33. The Morgan fingerprint density at radius 2 is 1.87 bits per heavy atom. The number of rotatable bonds is 3. The maximum absolute atomic E-state index is 5.33. The van der Waals surface area contributed by atoms with Crippen molar-refractivity contribution in [3.63, 3.8) is 0 Å². The standard InChI is InChI=1S/C12H17NO2/c1-14-12-4-2-11(3-5-12)10-13-6-8-15-9-7-13/h2-5H,6-10H2,1H3/p+1. The minimum Gasteiger partial charge on any atom is -0.497 e. The zero-order valence-electron chi connectivity index (χ0n) is 9.16. The molecular weight excluding hydrogens is 190 g/mol. The number of methoxy groups -OCH3 is 1. The number of benzene rings is 1. The molecule has 1 aromatic carbocycles. The molecule has 1 fully saturated rings. The first-order valence-corrected chi connectivity index (χ1v) is 5.43. The minimum atomic E-state index is 0.894. The Bertz CT molecular complexity index is 291. The van der Waals surface area contributed by atoms with Gasteiger partial charge in [0.25, 0.3) is 0 Å². The predicted molar refractivity (Wildman–Crippen MR) is 58.2 cm³/mol. The fraction of sp³-hybridized carbons (Fsp3) is 0.500. The van der Waals surface area contributed by atoms with Gasteiger partial charge in [0.1, 0.15) is 25.4 Å². The zero-order valence-corrected chi connectivity index (χ0v) is 9.16. The van der Waals surface area contributed by atoms with Crippen molar-refractivity contribution in [1.82, 2.24) is 0 Å². The lowest BCUT2D eigenvalue weighted by Crippen LogP contribution is -3.12. The van der Waals surface area contributed by atoms with Gasteiger partial charge < -0.3 is 14.4 Å². The summed E-state index contributed by atoms with van der Waals surface area (Å²) in [5, 5.41) is 0. The van der Waals surface area contributed by atoms with Crippen LogP contribution in [0.5, 0.6) is 5.75 Å². The second kappa shape index (κ2) is 5.14. The number of ether oxygens (including phenoxy) is 2. The van der Waals surface area contributed by atoms with Gasteiger partial charge in [-0.25, -0.2) is 0 Å². The largest absolute Gasteiger partial charge is 0.497 e. The molecule has 0 unspecified atom stereocenters. The average Bonchev–Trinajstić information content (AvgIpc) is 2.31. The lowest BCUT2D eigenvalue weighted by molar-refractivity contribution is -0.921. The van der Waals surface area contributed by atoms with Crippen molar-refractivity contribution >= 4 is 0 Å². The first-order valence-electron chi connectivity index (χ1n) is 5.43. The van der Waals surface area contributed by atoms with Crippen LogP contribution in [0.4, 0.5) is 0 Å². The summed E-state index contributed by atoms with van der Waals surface area (Å²) in [7, 11) is 1.70. The van der Waals surface area contributed by atoms with Crippen LogP contribution in [0, 0.1) is 0 Å². The molecule has 0 aromatic heterocycles. The van der Waals surface area contributed by atoms with E-state index in [9.17, 15) is 0 Å². The van der Waals surface area contributed by atoms with Gasteiger partial charge in [0.15, 0.2) is 0 Å². The van der Waals surface area contributed by atoms with Crippen molar-refractivity contribution in [3.05, 3.63) is 29.8 Å². The third-order valence-corrected chi connectivity index (χ3v) is 2.81. The summed E-state index contributed by atoms with van der Waals surface area (Å²) in [6.07, 6.45) is 0. The number of hydrogen-bond acceptors (Lipinski definition) is 2. The van der Waals surface area contributed by atoms with Gasteiger partial charge in [0.05, 0.1) is 20.3 Å². The monoisotopic (exact) mass is 208 g/mol. The number of morpholine rings is 1. The minimum absolute atomic E-state index is 0.894. The molecule has 1 aliphatic rings. The summed E-state index contributed by atoms with van der Waals surface area (Å²) in [4.78, 5) is 1.60. The molecule has 3 nitrogen and oxygen atoms in total. The lowest BCUT2D eigenvalue weighted by atomic mass is 10.2. The van der Waals surface area contributed by atoms with Crippen molar-refractivity contribution in [1.29, 1.82) is 0 Å². The normalized spacial score (nSPS) is 17.7. The predicted octanol–water partition coefficient (Wildman–Crippen LogP) is 0.110. The Kier molecular flexibility index (Phi) is 3.59. The van der Waals surface area contributed by atoms with E-state index in [0.717, 1.165) is 38.6 Å². The molecular formula is C12H18NO2+. The van der Waals surface area contributed by atoms with E-state index in [1.54, 1.807) is 12.0 Å². The van der Waals surface area contributed by atoms with E-state index < -0.39 is 0 Å². The van der Waals surface area contributed by atoms with Crippen molar-refractivity contribution < 1.29 is 14.4 Å². The van der Waals surface area contributed by atoms with E-state index >= 15 is 0 Å². The summed E-state index contributed by atoms with van der Waals surface area (Å²) < 4.78 is 10.5. The van der Waals surface area contributed by atoms with Crippen LogP contribution < -0.4 is 9.64 Å². The van der Waals surface area contributed by atoms with Gasteiger partial charge in [0, 0.05) is 5.56 Å². The van der Waals surface area contributed by atoms with Gasteiger partial charge in [-0.05, 0) is 24.3 Å². The maximum atomic E-state index is 5.33. The molecule has 1 N–H and O–H groups in total. The highest BCUT2D eigenvalue weighted by Crippen LogP contribution is 2.10. The van der Waals surface area contributed by atoms with Gasteiger partial charge in [-0.3, -0.25) is 0 Å². The molecule has 1 aromatic rings. The lowest BCUT2D eigenvalue weighted by Gasteiger charge is -2.23. The Balaban J connectivity index is 1.91. The zero-order chi connectivity index (χ0) is 10.5. The molecule has 0 saturated carbocycles. The van der Waals surface area contributed by atoms with Crippen molar-refractivity contribution in [2.45, 2.75) is 6.54 Å². The molecule has 1 heterocycles. The van der Waals surface area contributed by atoms with Gasteiger partial charge in [0.2, 0.25) is 0 Å². The highest BCUT2D eigenvalue weighted by Gasteiger charge is 2.13. The topological polar surface area (TPSA) is 22.9 Å². The van der Waals surface area contributed by atoms with E-state index in [2.05, 4.69) is 12.1 Å². The summed E-state index contributed by atoms with van der Waals surface area (Å²) in [5.41, 5.74) is 1.37. The first kappa shape index (κ1) is 10.5. The van der Waals surface area contributed by atoms with Crippen LogP contribution in [0.1, 0.15) is 5.56 Å². The van der Waals surface area contributed by atoms with Gasteiger partial charge in [-0.2, -0.15) is 0 Å². The molecule has 0 bridgehead atoms. The molecule has 0 radical (unpaired) electrons. The molecule has 1 saturated heterocycles. The summed E-state index contributed by atoms with van der Waals surface area (Å²) in [5.74, 6) is 0.927. The molecule has 0 amide bonds. The SMILES string of the molecule is COc1ccc(C[NH+]2CCOCC2)cc1. The van der Waals surface area contributed by atoms with E-state index in [0.29, 0.717) is 0 Å². The van der Waals surface area contributed by atoms with Gasteiger partial charge >= 0.3 is 0 Å². The quantitative estimate of drug-likeness (QED) is 0.762. The Labute approximate surface area is 90.6 Å². The van der Waals surface area contributed by atoms with Crippen molar-refractivity contribution in [2.24, 2.45) is 0 Å². The number of nitrogens with one attached hydrogen (secondary N) is 1. The molecule has 82 valence electrons. The highest BCUT2D eigenvalue weighted by molar-refractivity contribution is 5.26. The summed E-state index contributed by atoms with van der Waals surface area (Å²) >= 11 is 0. The highest BCUT2D eigenvalue weighted by atomic mass is 16.5. The Morgan fingerprint density at radius 3 is 2.47 bits per heavy atom. The summed E-state index contributed by atoms with van der Waals surface area (Å²) in [6.45, 7) is 5.11. The molecule has 3 heteroatoms. The molecule has 0 atom stereocenters. The van der Waals surface area contributed by atoms with Crippen LogP contribution in [-0.2, 0) is 11.3 Å². The number of hydrogen-bond donors (Lipinski definition) is 1. The molecule has 15 heavy (non-hydrogen) atoms. The van der Waals surface area contributed by atoms with Crippen LogP contribution in [-0.4, -0.2) is 33.4 Å². The molecule has 0 aliphatic carbocycles. The van der Waals surface area contributed by atoms with E-state index in [1.807, 2.05) is 12.1 Å². The van der Waals surface area contributed by atoms with Crippen LogP contribution >= 0.6 is 0 Å². The third kappa shape index (κ3) is 2.94. The second-order valence-corrected chi connectivity index (χ2v) is 3.89. The van der Waals surface area contributed by atoms with E-state index in [1.165, 1.54) is 5.56 Å². The fourth-order valence-electron chi connectivity index (χ4n) is 1.87. The Morgan fingerprint density at radius 1 is 1.20 bits per heavy atom. The first-order chi connectivity index (χ1) is 7.38. The fourth-order valence-corrected chi connectivity index (χ4v) is 1.87. The van der Waals surface area contributed by atoms with Crippen LogP contribution in [0.15, 0.2) is 24.3 Å². The molecule has 2 rings (SSSR count). The number of quaternary nitrogens is 1. The van der Waals surface area contributed by atoms with Crippen LogP contribution in [0.2, 0.25) is 0 Å². The smallest absolute Gasteiger partial charge is 0.118 e. The third-order valence-electron chi connectivity index (χ3n) is 2.81. The van der Waals surface area contributed by atoms with E-state index in [-0.39, 0.29) is 0 Å². The maximum Gasteiger partial charge on any atom is 0.118 e. The average molecular weight is 208 g/mol. The van der Waals surface area contributed by atoms with E-state index in [4.69, 9.17) is 9.47 Å². The van der Waals surface area contributed by atoms with Crippen LogP contribution in [0.3, 0.4) is 0 Å². The Hall–Kier alpha value is -1.06. The molecule has 0 spiro atoms. The van der Waals surface area contributed by atoms with Crippen molar-refractivity contribution in [3.8, 4) is 5.75 Å². The van der Waals surface area contributed by atoms with Gasteiger partial charge in [-0.1, -0.05) is 0 Å². The van der Waals surface area contributed by atoms with Crippen molar-refractivity contribution in [2.75, 3.05) is 33.4 Å². The van der Waals surface area contributed by atoms with Gasteiger partial charge in [-0.15, -0.1) is 0 Å².